The van der Waals surface area contributed by atoms with E-state index in [4.69, 9.17) is 18.6 Å². The number of halogens is 1. The average Bonchev–Trinajstić information content (AvgIpc) is 3.36. The number of nitrogens with one attached hydrogen (secondary N) is 1. The zero-order valence-corrected chi connectivity index (χ0v) is 19.6. The Morgan fingerprint density at radius 2 is 1.92 bits per heavy atom. The Bertz CT molecular complexity index is 1240. The van der Waals surface area contributed by atoms with Gasteiger partial charge < -0.3 is 23.9 Å². The highest BCUT2D eigenvalue weighted by Crippen LogP contribution is 2.34. The third kappa shape index (κ3) is 6.08. The van der Waals surface area contributed by atoms with Crippen molar-refractivity contribution >= 4 is 23.3 Å². The van der Waals surface area contributed by atoms with Gasteiger partial charge in [-0.25, -0.2) is 4.39 Å². The van der Waals surface area contributed by atoms with Crippen molar-refractivity contribution in [1.29, 1.82) is 0 Å². The topological polar surface area (TPSA) is 107 Å². The van der Waals surface area contributed by atoms with Gasteiger partial charge in [0, 0.05) is 25.8 Å². The van der Waals surface area contributed by atoms with Gasteiger partial charge in [-0.05, 0) is 61.0 Å². The van der Waals surface area contributed by atoms with Gasteiger partial charge in [-0.2, -0.15) is 0 Å². The summed E-state index contributed by atoms with van der Waals surface area (Å²) in [6.07, 6.45) is 0.671. The van der Waals surface area contributed by atoms with Crippen molar-refractivity contribution in [2.24, 2.45) is 0 Å². The minimum Gasteiger partial charge on any atom is -0.485 e. The van der Waals surface area contributed by atoms with Crippen molar-refractivity contribution in [2.75, 3.05) is 38.4 Å². The summed E-state index contributed by atoms with van der Waals surface area (Å²) in [4.78, 5) is 39.1. The maximum absolute atomic E-state index is 13.1. The van der Waals surface area contributed by atoms with E-state index in [1.54, 1.807) is 37.4 Å². The molecule has 0 saturated carbocycles. The quantitative estimate of drug-likeness (QED) is 0.320. The molecule has 0 fully saturated rings. The summed E-state index contributed by atoms with van der Waals surface area (Å²) in [5, 5.41) is 2.74. The number of amides is 2. The first-order valence-electron chi connectivity index (χ1n) is 11.3. The first kappa shape index (κ1) is 24.9. The molecule has 0 saturated heterocycles. The zero-order valence-electron chi connectivity index (χ0n) is 19.6. The zero-order chi connectivity index (χ0) is 25.5. The monoisotopic (exact) mass is 496 g/mol. The Balaban J connectivity index is 1.44. The number of hydrogen-bond acceptors (Lipinski definition) is 7. The number of carbonyl (C=O) groups excluding carboxylic acids is 3. The number of nitrogens with zero attached hydrogens (tertiary/aromatic N) is 1. The van der Waals surface area contributed by atoms with Gasteiger partial charge in [0.05, 0.1) is 12.2 Å². The van der Waals surface area contributed by atoms with Gasteiger partial charge in [-0.3, -0.25) is 19.3 Å². The van der Waals surface area contributed by atoms with Crippen LogP contribution in [-0.2, 0) is 16.1 Å². The lowest BCUT2D eigenvalue weighted by atomic mass is 10.1. The number of fused-ring (bicyclic) bond motifs is 1. The number of ether oxygens (including phenoxy) is 3. The molecule has 1 aliphatic rings. The molecular weight excluding hydrogens is 471 g/mol. The number of furan rings is 1. The third-order valence-corrected chi connectivity index (χ3v) is 5.42. The molecule has 1 N–H and O–H groups in total. The number of ketones is 1. The molecule has 0 radical (unpaired) electrons. The maximum Gasteiger partial charge on any atom is 0.286 e. The third-order valence-electron chi connectivity index (χ3n) is 5.42. The molecular formula is C26H25FN2O7. The van der Waals surface area contributed by atoms with Crippen molar-refractivity contribution < 1.29 is 37.4 Å². The highest BCUT2D eigenvalue weighted by atomic mass is 19.1. The van der Waals surface area contributed by atoms with E-state index in [2.05, 4.69) is 5.32 Å². The molecule has 2 amide bonds. The second-order valence-corrected chi connectivity index (χ2v) is 7.99. The van der Waals surface area contributed by atoms with Gasteiger partial charge in [-0.1, -0.05) is 0 Å². The van der Waals surface area contributed by atoms with Crippen molar-refractivity contribution in [3.8, 4) is 11.5 Å². The summed E-state index contributed by atoms with van der Waals surface area (Å²) < 4.78 is 34.6. The minimum absolute atomic E-state index is 0.0515. The van der Waals surface area contributed by atoms with Crippen LogP contribution in [0.25, 0.3) is 0 Å². The lowest BCUT2D eigenvalue weighted by Gasteiger charge is -2.29. The van der Waals surface area contributed by atoms with E-state index in [0.29, 0.717) is 48.1 Å². The molecule has 36 heavy (non-hydrogen) atoms. The van der Waals surface area contributed by atoms with Gasteiger partial charge in [0.15, 0.2) is 24.8 Å². The van der Waals surface area contributed by atoms with E-state index in [1.807, 2.05) is 0 Å². The van der Waals surface area contributed by atoms with E-state index in [1.165, 1.54) is 29.2 Å². The molecule has 3 aromatic rings. The molecule has 2 heterocycles. The summed E-state index contributed by atoms with van der Waals surface area (Å²) in [5.41, 5.74) is 0.718. The molecule has 0 spiro atoms. The lowest BCUT2D eigenvalue weighted by molar-refractivity contribution is -0.121. The number of carbonyl (C=O) groups is 3. The average molecular weight is 496 g/mol. The van der Waals surface area contributed by atoms with E-state index in [9.17, 15) is 18.8 Å². The van der Waals surface area contributed by atoms with Gasteiger partial charge in [-0.15, -0.1) is 0 Å². The SMILES string of the molecule is COCCCNC(=O)c1ccc(CN2C(=O)COc3ccc(C(=O)COc4ccc(F)cc4)cc32)o1. The number of hydrogen-bond donors (Lipinski definition) is 1. The van der Waals surface area contributed by atoms with E-state index in [-0.39, 0.29) is 43.1 Å². The number of anilines is 1. The fourth-order valence-corrected chi connectivity index (χ4v) is 3.56. The van der Waals surface area contributed by atoms with Crippen LogP contribution < -0.4 is 19.7 Å². The molecule has 188 valence electrons. The van der Waals surface area contributed by atoms with Gasteiger partial charge in [0.1, 0.15) is 23.1 Å². The van der Waals surface area contributed by atoms with Crippen molar-refractivity contribution in [2.45, 2.75) is 13.0 Å². The molecule has 1 aliphatic heterocycles. The van der Waals surface area contributed by atoms with Gasteiger partial charge in [0.2, 0.25) is 0 Å². The number of rotatable bonds is 11. The Labute approximate surface area is 206 Å². The molecule has 9 nitrogen and oxygen atoms in total. The van der Waals surface area contributed by atoms with Crippen LogP contribution in [0.3, 0.4) is 0 Å². The second kappa shape index (κ2) is 11.5. The van der Waals surface area contributed by atoms with Crippen molar-refractivity contribution in [3.05, 3.63) is 77.5 Å². The van der Waals surface area contributed by atoms with Crippen LogP contribution in [0.15, 0.2) is 59.0 Å². The first-order chi connectivity index (χ1) is 17.4. The summed E-state index contributed by atoms with van der Waals surface area (Å²) in [6.45, 7) is 0.600. The maximum atomic E-state index is 13.1. The smallest absolute Gasteiger partial charge is 0.286 e. The normalized spacial score (nSPS) is 12.6. The fraction of sp³-hybridized carbons (Fsp3) is 0.269. The van der Waals surface area contributed by atoms with Crippen LogP contribution in [0.1, 0.15) is 33.1 Å². The van der Waals surface area contributed by atoms with Crippen LogP contribution in [-0.4, -0.2) is 51.1 Å². The highest BCUT2D eigenvalue weighted by molar-refractivity contribution is 6.02. The van der Waals surface area contributed by atoms with Gasteiger partial charge >= 0.3 is 0 Å². The highest BCUT2D eigenvalue weighted by Gasteiger charge is 2.28. The summed E-state index contributed by atoms with van der Waals surface area (Å²) in [5.74, 6) is -0.0888. The Morgan fingerprint density at radius 3 is 2.69 bits per heavy atom. The van der Waals surface area contributed by atoms with Crippen LogP contribution in [0.2, 0.25) is 0 Å². The molecule has 0 aliphatic carbocycles. The van der Waals surface area contributed by atoms with Crippen LogP contribution >= 0.6 is 0 Å². The van der Waals surface area contributed by atoms with Crippen molar-refractivity contribution in [1.82, 2.24) is 5.32 Å². The van der Waals surface area contributed by atoms with Gasteiger partial charge in [0.25, 0.3) is 11.8 Å². The second-order valence-electron chi connectivity index (χ2n) is 7.99. The summed E-state index contributed by atoms with van der Waals surface area (Å²) in [6, 6.07) is 13.3. The molecule has 0 unspecified atom stereocenters. The van der Waals surface area contributed by atoms with E-state index < -0.39 is 5.82 Å². The predicted molar refractivity (Wildman–Crippen MR) is 127 cm³/mol. The predicted octanol–water partition coefficient (Wildman–Crippen LogP) is 3.37. The molecule has 0 atom stereocenters. The molecule has 2 aromatic carbocycles. The van der Waals surface area contributed by atoms with E-state index >= 15 is 0 Å². The molecule has 10 heteroatoms. The minimum atomic E-state index is -0.403. The number of Topliss-reactive ketones (excluding diaryl/α,β-unsaturated/α-hetero) is 1. The summed E-state index contributed by atoms with van der Waals surface area (Å²) in [7, 11) is 1.59. The Kier molecular flexibility index (Phi) is 7.96. The largest absolute Gasteiger partial charge is 0.485 e. The number of methoxy groups -OCH3 is 1. The van der Waals surface area contributed by atoms with Crippen molar-refractivity contribution in [3.63, 3.8) is 0 Å². The molecule has 1 aromatic heterocycles. The molecule has 4 rings (SSSR count). The summed E-state index contributed by atoms with van der Waals surface area (Å²) >= 11 is 0. The Hall–Kier alpha value is -4.18. The number of benzene rings is 2. The first-order valence-corrected chi connectivity index (χ1v) is 11.3. The lowest BCUT2D eigenvalue weighted by Crippen LogP contribution is -2.38. The fourth-order valence-electron chi connectivity index (χ4n) is 3.56. The molecule has 0 bridgehead atoms. The van der Waals surface area contributed by atoms with E-state index in [0.717, 1.165) is 0 Å². The van der Waals surface area contributed by atoms with Crippen LogP contribution in [0.4, 0.5) is 10.1 Å². The standard InChI is InChI=1S/C26H25FN2O7/c1-33-12-2-11-28-26(32)24-10-8-20(36-24)14-29-21-13-17(3-9-23(21)35-16-25(29)31)22(30)15-34-19-6-4-18(27)5-7-19/h3-10,13H,2,11-12,14-16H2,1H3,(H,28,32). The Morgan fingerprint density at radius 1 is 1.11 bits per heavy atom. The van der Waals surface area contributed by atoms with Crippen LogP contribution in [0.5, 0.6) is 11.5 Å². The van der Waals surface area contributed by atoms with Crippen LogP contribution in [0, 0.1) is 5.82 Å².